The van der Waals surface area contributed by atoms with Crippen molar-refractivity contribution in [1.29, 1.82) is 0 Å². The number of hydrogen-bond donors (Lipinski definition) is 0. The van der Waals surface area contributed by atoms with Crippen LogP contribution in [0.2, 0.25) is 0 Å². The Morgan fingerprint density at radius 1 is 0.529 bits per heavy atom. The van der Waals surface area contributed by atoms with E-state index in [1.54, 1.807) is 7.05 Å². The fourth-order valence-corrected chi connectivity index (χ4v) is 10.5. The van der Waals surface area contributed by atoms with Gasteiger partial charge in [-0.1, -0.05) is 91.0 Å². The third-order valence-electron chi connectivity index (χ3n) is 10.6. The fourth-order valence-electron chi connectivity index (χ4n) is 10.5. The third kappa shape index (κ3) is 1.27. The summed E-state index contributed by atoms with van der Waals surface area (Å²) >= 11 is 0. The molecular formula is C29H23N3O2. The minimum Gasteiger partial charge on any atom is -0.246 e. The maximum atomic E-state index is 13.3. The van der Waals surface area contributed by atoms with E-state index < -0.39 is 0 Å². The molecule has 10 rings (SSSR count). The van der Waals surface area contributed by atoms with Crippen LogP contribution in [0.4, 0.5) is 0 Å². The molecule has 0 spiro atoms. The van der Waals surface area contributed by atoms with Gasteiger partial charge in [-0.15, -0.1) is 0 Å². The SMILES string of the molecule is Cn1c(=O)n2n(c1=O)[C@H]1C3[C@@H]2[C@@H]2[C@H]1[C@]1(c4ccccc4)C3(c3ccccc3)[C@]21c1ccccc1. The zero-order valence-electron chi connectivity index (χ0n) is 18.7. The van der Waals surface area contributed by atoms with Gasteiger partial charge in [0.1, 0.15) is 0 Å². The van der Waals surface area contributed by atoms with Crippen LogP contribution in [0.25, 0.3) is 0 Å². The van der Waals surface area contributed by atoms with Crippen LogP contribution in [0.3, 0.4) is 0 Å². The molecule has 1 aliphatic heterocycles. The number of fused-ring (bicyclic) bond motifs is 1. The van der Waals surface area contributed by atoms with Crippen LogP contribution in [0.1, 0.15) is 28.8 Å². The summed E-state index contributed by atoms with van der Waals surface area (Å²) in [6.07, 6.45) is 0. The van der Waals surface area contributed by atoms with Crippen LogP contribution in [0, 0.1) is 17.8 Å². The van der Waals surface area contributed by atoms with E-state index in [4.69, 9.17) is 0 Å². The van der Waals surface area contributed by atoms with Gasteiger partial charge in [-0.2, -0.15) is 0 Å². The summed E-state index contributed by atoms with van der Waals surface area (Å²) in [7, 11) is 1.62. The first-order chi connectivity index (χ1) is 16.7. The van der Waals surface area contributed by atoms with E-state index in [2.05, 4.69) is 91.0 Å². The Hall–Kier alpha value is -3.60. The molecule has 2 unspecified atom stereocenters. The molecule has 5 fully saturated rings. The molecule has 0 radical (unpaired) electrons. The summed E-state index contributed by atoms with van der Waals surface area (Å²) in [5.74, 6) is 0.946. The van der Waals surface area contributed by atoms with E-state index >= 15 is 0 Å². The first-order valence-electron chi connectivity index (χ1n) is 12.2. The second-order valence-electron chi connectivity index (χ2n) is 10.9. The molecule has 1 aromatic heterocycles. The lowest BCUT2D eigenvalue weighted by Gasteiger charge is -2.53. The monoisotopic (exact) mass is 445 g/mol. The van der Waals surface area contributed by atoms with Crippen molar-refractivity contribution in [2.24, 2.45) is 24.8 Å². The number of aromatic nitrogens is 3. The van der Waals surface area contributed by atoms with Gasteiger partial charge in [0.25, 0.3) is 0 Å². The normalized spacial score (nSPS) is 40.8. The van der Waals surface area contributed by atoms with Gasteiger partial charge < -0.3 is 0 Å². The number of benzene rings is 3. The van der Waals surface area contributed by atoms with Crippen molar-refractivity contribution in [3.05, 3.63) is 129 Å². The Morgan fingerprint density at radius 3 is 1.21 bits per heavy atom. The Labute approximate surface area is 195 Å². The number of rotatable bonds is 3. The molecule has 8 atom stereocenters. The summed E-state index contributed by atoms with van der Waals surface area (Å²) in [5, 5.41) is 0. The minimum absolute atomic E-state index is 0.0585. The lowest BCUT2D eigenvalue weighted by atomic mass is 9.52. The second-order valence-corrected chi connectivity index (χ2v) is 10.9. The molecule has 3 aromatic carbocycles. The Morgan fingerprint density at radius 2 is 0.853 bits per heavy atom. The van der Waals surface area contributed by atoms with Crippen molar-refractivity contribution >= 4 is 0 Å². The predicted molar refractivity (Wildman–Crippen MR) is 127 cm³/mol. The van der Waals surface area contributed by atoms with Crippen molar-refractivity contribution in [2.45, 2.75) is 28.3 Å². The molecule has 0 amide bonds. The van der Waals surface area contributed by atoms with E-state index in [9.17, 15) is 9.59 Å². The molecule has 2 heterocycles. The highest BCUT2D eigenvalue weighted by atomic mass is 16.2. The van der Waals surface area contributed by atoms with Crippen LogP contribution in [0.5, 0.6) is 0 Å². The summed E-state index contributed by atoms with van der Waals surface area (Å²) in [6, 6.07) is 33.1. The molecule has 4 aromatic rings. The summed E-state index contributed by atoms with van der Waals surface area (Å²) in [5.41, 5.74) is 3.56. The molecule has 34 heavy (non-hydrogen) atoms. The van der Waals surface area contributed by atoms with E-state index in [-0.39, 0.29) is 45.6 Å². The molecule has 5 nitrogen and oxygen atoms in total. The Kier molecular flexibility index (Phi) is 2.66. The average molecular weight is 446 g/mol. The molecule has 5 aliphatic carbocycles. The molecule has 5 saturated carbocycles. The number of hydrogen-bond acceptors (Lipinski definition) is 2. The highest BCUT2D eigenvalue weighted by Gasteiger charge is 3.12. The van der Waals surface area contributed by atoms with Crippen LogP contribution >= 0.6 is 0 Å². The van der Waals surface area contributed by atoms with E-state index in [0.29, 0.717) is 11.8 Å². The molecule has 5 heteroatoms. The highest BCUT2D eigenvalue weighted by Crippen LogP contribution is 3.07. The van der Waals surface area contributed by atoms with Crippen molar-refractivity contribution in [2.75, 3.05) is 0 Å². The first-order valence-corrected chi connectivity index (χ1v) is 12.2. The van der Waals surface area contributed by atoms with Crippen LogP contribution < -0.4 is 11.4 Å². The molecule has 0 N–H and O–H groups in total. The van der Waals surface area contributed by atoms with E-state index in [1.807, 2.05) is 9.36 Å². The van der Waals surface area contributed by atoms with Gasteiger partial charge in [0.05, 0.1) is 12.1 Å². The molecule has 0 saturated heterocycles. The quantitative estimate of drug-likeness (QED) is 0.487. The summed E-state index contributed by atoms with van der Waals surface area (Å²) in [6.45, 7) is 0. The van der Waals surface area contributed by atoms with Crippen LogP contribution in [-0.2, 0) is 23.3 Å². The zero-order chi connectivity index (χ0) is 22.6. The van der Waals surface area contributed by atoms with Crippen LogP contribution in [0.15, 0.2) is 101 Å². The van der Waals surface area contributed by atoms with Crippen molar-refractivity contribution < 1.29 is 0 Å². The fraction of sp³-hybridized carbons (Fsp3) is 0.310. The highest BCUT2D eigenvalue weighted by molar-refractivity contribution is 5.79. The van der Waals surface area contributed by atoms with Gasteiger partial charge in [-0.25, -0.2) is 23.5 Å². The second kappa shape index (κ2) is 5.07. The Bertz CT molecular complexity index is 1550. The van der Waals surface area contributed by atoms with Gasteiger partial charge in [0.2, 0.25) is 0 Å². The topological polar surface area (TPSA) is 48.9 Å². The van der Waals surface area contributed by atoms with Gasteiger partial charge in [0, 0.05) is 29.2 Å². The van der Waals surface area contributed by atoms with E-state index in [1.165, 1.54) is 21.3 Å². The van der Waals surface area contributed by atoms with Gasteiger partial charge >= 0.3 is 11.4 Å². The van der Waals surface area contributed by atoms with Crippen molar-refractivity contribution in [1.82, 2.24) is 13.9 Å². The Balaban J connectivity index is 1.44. The molecule has 5 bridgehead atoms. The maximum absolute atomic E-state index is 13.3. The minimum atomic E-state index is -0.161. The zero-order valence-corrected chi connectivity index (χ0v) is 18.7. The number of nitrogens with zero attached hydrogens (tertiary/aromatic N) is 3. The maximum Gasteiger partial charge on any atom is 0.347 e. The lowest BCUT2D eigenvalue weighted by molar-refractivity contribution is 0.0240. The summed E-state index contributed by atoms with van der Waals surface area (Å²) < 4.78 is 4.99. The van der Waals surface area contributed by atoms with Crippen molar-refractivity contribution in [3.63, 3.8) is 0 Å². The average Bonchev–Trinajstić information content (AvgIpc) is 3.36. The van der Waals surface area contributed by atoms with Crippen molar-refractivity contribution in [3.8, 4) is 0 Å². The standard InChI is InChI=1S/C29H23N3O2/c1-30-25(33)31-23-20-21-24(32(31)26(30)34)22(23)29(19-15-9-4-10-16-19)27(20,17-11-5-2-6-12-17)28(21,29)18-13-7-3-8-14-18/h2-16,20-24H,1H3/t20-,21+,22?,23-,24+,27+,28-,29?. The van der Waals surface area contributed by atoms with Gasteiger partial charge in [-0.3, -0.25) is 0 Å². The first kappa shape index (κ1) is 17.8. The molecule has 6 aliphatic rings. The van der Waals surface area contributed by atoms with Gasteiger partial charge in [-0.05, 0) is 28.5 Å². The smallest absolute Gasteiger partial charge is 0.246 e. The van der Waals surface area contributed by atoms with E-state index in [0.717, 1.165) is 0 Å². The largest absolute Gasteiger partial charge is 0.347 e. The summed E-state index contributed by atoms with van der Waals surface area (Å²) in [4.78, 5) is 26.5. The third-order valence-corrected chi connectivity index (χ3v) is 10.6. The predicted octanol–water partition coefficient (Wildman–Crippen LogP) is 3.16. The lowest BCUT2D eigenvalue weighted by Crippen LogP contribution is -2.57. The van der Waals surface area contributed by atoms with Gasteiger partial charge in [0.15, 0.2) is 0 Å². The van der Waals surface area contributed by atoms with Crippen LogP contribution in [-0.4, -0.2) is 13.9 Å². The molecular weight excluding hydrogens is 422 g/mol. The molecule has 166 valence electrons.